The van der Waals surface area contributed by atoms with E-state index in [2.05, 4.69) is 36.1 Å². The lowest BCUT2D eigenvalue weighted by atomic mass is 10.00. The summed E-state index contributed by atoms with van der Waals surface area (Å²) in [5.41, 5.74) is 4.98. The van der Waals surface area contributed by atoms with Crippen molar-refractivity contribution in [3.63, 3.8) is 0 Å². The Morgan fingerprint density at radius 2 is 2.21 bits per heavy atom. The number of nitrogens with two attached hydrogens (primary N) is 1. The van der Waals surface area contributed by atoms with E-state index in [1.54, 1.807) is 0 Å². The highest BCUT2D eigenvalue weighted by Gasteiger charge is 2.36. The number of carbonyl (C=O) groups excluding carboxylic acids is 1. The third kappa shape index (κ3) is 4.75. The molecule has 1 heterocycles. The normalized spacial score (nSPS) is 23.7. The van der Waals surface area contributed by atoms with Crippen molar-refractivity contribution < 1.29 is 4.79 Å². The van der Waals surface area contributed by atoms with Gasteiger partial charge in [-0.1, -0.05) is 6.92 Å². The zero-order valence-corrected chi connectivity index (χ0v) is 12.9. The van der Waals surface area contributed by atoms with Crippen molar-refractivity contribution in [3.05, 3.63) is 0 Å². The van der Waals surface area contributed by atoms with Gasteiger partial charge in [0, 0.05) is 19.1 Å². The average Bonchev–Trinajstić information content (AvgIpc) is 2.73. The molecule has 1 amide bonds. The van der Waals surface area contributed by atoms with Gasteiger partial charge in [0.15, 0.2) is 0 Å². The molecule has 0 aromatic heterocycles. The molecule has 0 aliphatic carbocycles. The van der Waals surface area contributed by atoms with E-state index in [0.717, 1.165) is 26.1 Å². The number of likely N-dealkylation sites (tertiary alicyclic amines) is 1. The van der Waals surface area contributed by atoms with Gasteiger partial charge in [0.05, 0.1) is 0 Å². The molecule has 0 aromatic carbocycles. The second kappa shape index (κ2) is 7.22. The number of nitrogens with zero attached hydrogens (tertiary/aromatic N) is 2. The number of rotatable bonds is 8. The van der Waals surface area contributed by atoms with Gasteiger partial charge in [-0.3, -0.25) is 9.69 Å². The maximum Gasteiger partial charge on any atom is 0.238 e. The molecule has 0 saturated carbocycles. The number of primary amides is 1. The first-order valence-electron chi connectivity index (χ1n) is 7.32. The van der Waals surface area contributed by atoms with Crippen LogP contribution in [0.2, 0.25) is 0 Å². The van der Waals surface area contributed by atoms with E-state index < -0.39 is 5.54 Å². The molecule has 1 aliphatic heterocycles. The highest BCUT2D eigenvalue weighted by Crippen LogP contribution is 2.20. The van der Waals surface area contributed by atoms with Crippen LogP contribution < -0.4 is 11.1 Å². The first-order chi connectivity index (χ1) is 8.89. The average molecular weight is 270 g/mol. The van der Waals surface area contributed by atoms with E-state index >= 15 is 0 Å². The summed E-state index contributed by atoms with van der Waals surface area (Å²) in [7, 11) is 4.19. The number of nitrogens with one attached hydrogen (secondary N) is 1. The fourth-order valence-corrected chi connectivity index (χ4v) is 2.76. The van der Waals surface area contributed by atoms with E-state index in [0.29, 0.717) is 12.6 Å². The van der Waals surface area contributed by atoms with Gasteiger partial charge >= 0.3 is 0 Å². The molecule has 1 rings (SSSR count). The molecule has 1 aliphatic rings. The minimum Gasteiger partial charge on any atom is -0.368 e. The zero-order chi connectivity index (χ0) is 14.5. The number of hydrogen-bond donors (Lipinski definition) is 2. The van der Waals surface area contributed by atoms with Crippen molar-refractivity contribution in [2.75, 3.05) is 40.3 Å². The fourth-order valence-electron chi connectivity index (χ4n) is 2.76. The van der Waals surface area contributed by atoms with Gasteiger partial charge in [0.1, 0.15) is 5.54 Å². The Bertz CT molecular complexity index is 295. The van der Waals surface area contributed by atoms with Crippen molar-refractivity contribution in [1.29, 1.82) is 0 Å². The lowest BCUT2D eigenvalue weighted by molar-refractivity contribution is -0.124. The Labute approximate surface area is 117 Å². The maximum atomic E-state index is 11.8. The Hall–Kier alpha value is -0.650. The van der Waals surface area contributed by atoms with E-state index in [1.165, 1.54) is 12.8 Å². The van der Waals surface area contributed by atoms with Gasteiger partial charge in [-0.25, -0.2) is 0 Å². The van der Waals surface area contributed by atoms with Crippen LogP contribution in [-0.4, -0.2) is 67.6 Å². The lowest BCUT2D eigenvalue weighted by Gasteiger charge is -2.35. The van der Waals surface area contributed by atoms with Crippen LogP contribution in [0.15, 0.2) is 0 Å². The first-order valence-corrected chi connectivity index (χ1v) is 7.32. The standard InChI is InChI=1S/C14H30N4O/c1-5-8-16-14(2,13(15)19)11-18-9-6-7-12(18)10-17(3)4/h12,16H,5-11H2,1-4H3,(H2,15,19). The summed E-state index contributed by atoms with van der Waals surface area (Å²) in [6.07, 6.45) is 3.42. The summed E-state index contributed by atoms with van der Waals surface area (Å²) in [6, 6.07) is 0.539. The quantitative estimate of drug-likeness (QED) is 0.664. The Balaban J connectivity index is 2.64. The summed E-state index contributed by atoms with van der Waals surface area (Å²) in [6.45, 7) is 7.67. The molecule has 1 fully saturated rings. The molecule has 3 N–H and O–H groups in total. The van der Waals surface area contributed by atoms with Crippen LogP contribution in [0.3, 0.4) is 0 Å². The van der Waals surface area contributed by atoms with Crippen molar-refractivity contribution in [2.45, 2.75) is 44.7 Å². The minimum atomic E-state index is -0.620. The largest absolute Gasteiger partial charge is 0.368 e. The highest BCUT2D eigenvalue weighted by molar-refractivity contribution is 5.84. The van der Waals surface area contributed by atoms with Gasteiger partial charge in [-0.15, -0.1) is 0 Å². The Morgan fingerprint density at radius 3 is 2.74 bits per heavy atom. The van der Waals surface area contributed by atoms with E-state index in [4.69, 9.17) is 5.73 Å². The molecule has 0 radical (unpaired) electrons. The third-order valence-corrected chi connectivity index (χ3v) is 3.90. The van der Waals surface area contributed by atoms with Crippen molar-refractivity contribution in [1.82, 2.24) is 15.1 Å². The molecule has 112 valence electrons. The summed E-state index contributed by atoms with van der Waals surface area (Å²) in [5.74, 6) is -0.253. The smallest absolute Gasteiger partial charge is 0.238 e. The molecule has 0 aromatic rings. The Morgan fingerprint density at radius 1 is 1.53 bits per heavy atom. The predicted octanol–water partition coefficient (Wildman–Crippen LogP) is 0.256. The molecule has 5 nitrogen and oxygen atoms in total. The van der Waals surface area contributed by atoms with Gasteiger partial charge in [0.25, 0.3) is 0 Å². The molecule has 0 spiro atoms. The van der Waals surface area contributed by atoms with Crippen molar-refractivity contribution >= 4 is 5.91 Å². The number of likely N-dealkylation sites (N-methyl/N-ethyl adjacent to an activating group) is 1. The fraction of sp³-hybridized carbons (Fsp3) is 0.929. The predicted molar refractivity (Wildman–Crippen MR) is 79.0 cm³/mol. The molecule has 5 heteroatoms. The number of amides is 1. The van der Waals surface area contributed by atoms with Crippen LogP contribution in [-0.2, 0) is 4.79 Å². The third-order valence-electron chi connectivity index (χ3n) is 3.90. The summed E-state index contributed by atoms with van der Waals surface area (Å²) < 4.78 is 0. The highest BCUT2D eigenvalue weighted by atomic mass is 16.1. The monoisotopic (exact) mass is 270 g/mol. The second-order valence-electron chi connectivity index (χ2n) is 6.15. The van der Waals surface area contributed by atoms with Crippen molar-refractivity contribution in [3.8, 4) is 0 Å². The van der Waals surface area contributed by atoms with Crippen LogP contribution in [0, 0.1) is 0 Å². The van der Waals surface area contributed by atoms with E-state index in [9.17, 15) is 4.79 Å². The minimum absolute atomic E-state index is 0.253. The van der Waals surface area contributed by atoms with Gasteiger partial charge in [0.2, 0.25) is 5.91 Å². The van der Waals surface area contributed by atoms with Crippen LogP contribution in [0.5, 0.6) is 0 Å². The summed E-state index contributed by atoms with van der Waals surface area (Å²) >= 11 is 0. The van der Waals surface area contributed by atoms with E-state index in [-0.39, 0.29) is 5.91 Å². The van der Waals surface area contributed by atoms with Crippen LogP contribution in [0.1, 0.15) is 33.1 Å². The van der Waals surface area contributed by atoms with Gasteiger partial charge in [-0.2, -0.15) is 0 Å². The SMILES string of the molecule is CCCNC(C)(CN1CCCC1CN(C)C)C(N)=O. The van der Waals surface area contributed by atoms with Gasteiger partial charge in [-0.05, 0) is 53.4 Å². The van der Waals surface area contributed by atoms with Crippen LogP contribution in [0.25, 0.3) is 0 Å². The summed E-state index contributed by atoms with van der Waals surface area (Å²) in [4.78, 5) is 16.4. The Kier molecular flexibility index (Phi) is 6.23. The number of carbonyl (C=O) groups is 1. The topological polar surface area (TPSA) is 61.6 Å². The lowest BCUT2D eigenvalue weighted by Crippen LogP contribution is -2.60. The molecule has 2 atom stereocenters. The maximum absolute atomic E-state index is 11.8. The zero-order valence-electron chi connectivity index (χ0n) is 12.9. The van der Waals surface area contributed by atoms with Gasteiger partial charge < -0.3 is 16.0 Å². The van der Waals surface area contributed by atoms with Crippen LogP contribution >= 0.6 is 0 Å². The van der Waals surface area contributed by atoms with E-state index in [1.807, 2.05) is 6.92 Å². The first kappa shape index (κ1) is 16.4. The second-order valence-corrected chi connectivity index (χ2v) is 6.15. The molecule has 1 saturated heterocycles. The van der Waals surface area contributed by atoms with Crippen molar-refractivity contribution in [2.24, 2.45) is 5.73 Å². The molecular formula is C14H30N4O. The molecule has 2 unspecified atom stereocenters. The number of hydrogen-bond acceptors (Lipinski definition) is 4. The molecule has 0 bridgehead atoms. The molecule has 19 heavy (non-hydrogen) atoms. The summed E-state index contributed by atoms with van der Waals surface area (Å²) in [5, 5.41) is 3.32. The molecular weight excluding hydrogens is 240 g/mol. The van der Waals surface area contributed by atoms with Crippen LogP contribution in [0.4, 0.5) is 0 Å².